The molecule has 1 aromatic rings. The summed E-state index contributed by atoms with van der Waals surface area (Å²) in [5, 5.41) is 1.77. The van der Waals surface area contributed by atoms with Gasteiger partial charge in [-0.3, -0.25) is 19.8 Å². The smallest absolute Gasteiger partial charge is 0.323 e. The Kier molecular flexibility index (Phi) is 5.34. The van der Waals surface area contributed by atoms with Crippen LogP contribution in [0.4, 0.5) is 0 Å². The van der Waals surface area contributed by atoms with E-state index in [0.29, 0.717) is 39.3 Å². The fraction of sp³-hybridized carbons (Fsp3) is 0.562. The number of furan rings is 1. The number of hydrogen-bond acceptors (Lipinski definition) is 6. The minimum absolute atomic E-state index is 0.195. The Bertz CT molecular complexity index is 616. The van der Waals surface area contributed by atoms with Gasteiger partial charge in [0.1, 0.15) is 0 Å². The first-order chi connectivity index (χ1) is 12.0. The first kappa shape index (κ1) is 17.4. The minimum atomic E-state index is -0.615. The van der Waals surface area contributed by atoms with Gasteiger partial charge in [0.2, 0.25) is 0 Å². The second kappa shape index (κ2) is 7.66. The van der Waals surface area contributed by atoms with Gasteiger partial charge in [-0.15, -0.1) is 0 Å². The number of hydrazine groups is 1. The fourth-order valence-electron chi connectivity index (χ4n) is 2.92. The molecule has 3 amide bonds. The predicted molar refractivity (Wildman–Crippen MR) is 88.4 cm³/mol. The van der Waals surface area contributed by atoms with E-state index in [2.05, 4.69) is 10.3 Å². The largest absolute Gasteiger partial charge is 0.459 e. The van der Waals surface area contributed by atoms with Crippen LogP contribution in [0.15, 0.2) is 22.8 Å². The number of amides is 3. The number of piperazine rings is 2. The Hall–Kier alpha value is -2.39. The van der Waals surface area contributed by atoms with Crippen LogP contribution in [0.1, 0.15) is 10.6 Å². The SMILES string of the molecule is CN1CCN(NC(=O)C(=O)N2CCN(C(=O)c3ccco3)CC2)CC1. The van der Waals surface area contributed by atoms with E-state index >= 15 is 0 Å². The van der Waals surface area contributed by atoms with Crippen molar-refractivity contribution in [1.29, 1.82) is 0 Å². The highest BCUT2D eigenvalue weighted by atomic mass is 16.3. The summed E-state index contributed by atoms with van der Waals surface area (Å²) in [4.78, 5) is 41.9. The van der Waals surface area contributed by atoms with Crippen LogP contribution in [0, 0.1) is 0 Å². The van der Waals surface area contributed by atoms with Crippen molar-refractivity contribution in [2.45, 2.75) is 0 Å². The van der Waals surface area contributed by atoms with E-state index in [1.807, 2.05) is 7.05 Å². The highest BCUT2D eigenvalue weighted by Gasteiger charge is 2.30. The maximum absolute atomic E-state index is 12.3. The monoisotopic (exact) mass is 349 g/mol. The molecular formula is C16H23N5O4. The van der Waals surface area contributed by atoms with Crippen LogP contribution in [-0.2, 0) is 9.59 Å². The van der Waals surface area contributed by atoms with Crippen LogP contribution >= 0.6 is 0 Å². The molecule has 2 fully saturated rings. The lowest BCUT2D eigenvalue weighted by Gasteiger charge is -2.35. The normalized spacial score (nSPS) is 19.7. The van der Waals surface area contributed by atoms with E-state index in [1.54, 1.807) is 22.0 Å². The number of hydrogen-bond donors (Lipinski definition) is 1. The van der Waals surface area contributed by atoms with E-state index in [1.165, 1.54) is 11.2 Å². The quantitative estimate of drug-likeness (QED) is 0.678. The van der Waals surface area contributed by atoms with Gasteiger partial charge in [-0.1, -0.05) is 0 Å². The molecule has 0 aliphatic carbocycles. The van der Waals surface area contributed by atoms with Crippen LogP contribution in [0.3, 0.4) is 0 Å². The topological polar surface area (TPSA) is 89.3 Å². The summed E-state index contributed by atoms with van der Waals surface area (Å²) < 4.78 is 5.11. The third-order valence-electron chi connectivity index (χ3n) is 4.54. The van der Waals surface area contributed by atoms with E-state index < -0.39 is 11.8 Å². The second-order valence-corrected chi connectivity index (χ2v) is 6.29. The van der Waals surface area contributed by atoms with Crippen LogP contribution in [0.5, 0.6) is 0 Å². The number of carbonyl (C=O) groups excluding carboxylic acids is 3. The van der Waals surface area contributed by atoms with Crippen molar-refractivity contribution in [1.82, 2.24) is 25.1 Å². The predicted octanol–water partition coefficient (Wildman–Crippen LogP) is -1.16. The number of likely N-dealkylation sites (N-methyl/N-ethyl adjacent to an activating group) is 1. The Morgan fingerprint density at radius 1 is 0.960 bits per heavy atom. The Morgan fingerprint density at radius 2 is 1.60 bits per heavy atom. The number of nitrogens with zero attached hydrogens (tertiary/aromatic N) is 4. The molecule has 0 atom stereocenters. The van der Waals surface area contributed by atoms with Crippen molar-refractivity contribution in [3.63, 3.8) is 0 Å². The highest BCUT2D eigenvalue weighted by Crippen LogP contribution is 2.09. The van der Waals surface area contributed by atoms with Gasteiger partial charge in [0.25, 0.3) is 5.91 Å². The van der Waals surface area contributed by atoms with E-state index in [9.17, 15) is 14.4 Å². The lowest BCUT2D eigenvalue weighted by molar-refractivity contribution is -0.149. The lowest BCUT2D eigenvalue weighted by Crippen LogP contribution is -2.58. The van der Waals surface area contributed by atoms with Crippen molar-refractivity contribution in [2.24, 2.45) is 0 Å². The molecule has 0 saturated carbocycles. The molecule has 9 heteroatoms. The molecule has 0 radical (unpaired) electrons. The molecule has 3 heterocycles. The van der Waals surface area contributed by atoms with Gasteiger partial charge >= 0.3 is 11.8 Å². The van der Waals surface area contributed by atoms with Gasteiger partial charge in [-0.2, -0.15) is 0 Å². The summed E-state index contributed by atoms with van der Waals surface area (Å²) in [5.41, 5.74) is 2.67. The third-order valence-corrected chi connectivity index (χ3v) is 4.54. The zero-order valence-electron chi connectivity index (χ0n) is 14.3. The van der Waals surface area contributed by atoms with Crippen LogP contribution in [0.25, 0.3) is 0 Å². The zero-order valence-corrected chi connectivity index (χ0v) is 14.3. The highest BCUT2D eigenvalue weighted by molar-refractivity contribution is 6.34. The lowest BCUT2D eigenvalue weighted by atomic mass is 10.2. The minimum Gasteiger partial charge on any atom is -0.459 e. The zero-order chi connectivity index (χ0) is 17.8. The molecule has 2 aliphatic heterocycles. The number of carbonyl (C=O) groups is 3. The van der Waals surface area contributed by atoms with Crippen molar-refractivity contribution < 1.29 is 18.8 Å². The second-order valence-electron chi connectivity index (χ2n) is 6.29. The molecule has 0 unspecified atom stereocenters. The van der Waals surface area contributed by atoms with Gasteiger partial charge in [-0.25, -0.2) is 5.01 Å². The molecule has 0 bridgehead atoms. The molecule has 0 spiro atoms. The molecule has 25 heavy (non-hydrogen) atoms. The molecule has 3 rings (SSSR count). The summed E-state index contributed by atoms with van der Waals surface area (Å²) in [6, 6.07) is 3.28. The van der Waals surface area contributed by atoms with Gasteiger partial charge in [0.05, 0.1) is 6.26 Å². The molecule has 1 N–H and O–H groups in total. The third kappa shape index (κ3) is 4.18. The molecular weight excluding hydrogens is 326 g/mol. The first-order valence-electron chi connectivity index (χ1n) is 8.41. The molecule has 0 aromatic carbocycles. The van der Waals surface area contributed by atoms with Gasteiger partial charge in [-0.05, 0) is 19.2 Å². The standard InChI is InChI=1S/C16H23N5O4/c1-18-4-10-21(11-5-18)17-14(22)16(24)20-8-6-19(7-9-20)15(23)13-3-2-12-25-13/h2-3,12H,4-11H2,1H3,(H,17,22). The van der Waals surface area contributed by atoms with E-state index in [-0.39, 0.29) is 11.7 Å². The van der Waals surface area contributed by atoms with Crippen molar-refractivity contribution in [2.75, 3.05) is 59.4 Å². The summed E-state index contributed by atoms with van der Waals surface area (Å²) in [6.07, 6.45) is 1.45. The van der Waals surface area contributed by atoms with E-state index in [4.69, 9.17) is 4.42 Å². The average molecular weight is 349 g/mol. The maximum atomic E-state index is 12.3. The summed E-state index contributed by atoms with van der Waals surface area (Å²) >= 11 is 0. The molecule has 2 aliphatic rings. The Morgan fingerprint density at radius 3 is 2.20 bits per heavy atom. The van der Waals surface area contributed by atoms with Gasteiger partial charge < -0.3 is 19.1 Å². The van der Waals surface area contributed by atoms with Crippen molar-refractivity contribution >= 4 is 17.7 Å². The van der Waals surface area contributed by atoms with Crippen molar-refractivity contribution in [3.05, 3.63) is 24.2 Å². The van der Waals surface area contributed by atoms with Crippen molar-refractivity contribution in [3.8, 4) is 0 Å². The van der Waals surface area contributed by atoms with Gasteiger partial charge in [0.15, 0.2) is 5.76 Å². The van der Waals surface area contributed by atoms with E-state index in [0.717, 1.165) is 13.1 Å². The summed E-state index contributed by atoms with van der Waals surface area (Å²) in [7, 11) is 2.02. The summed E-state index contributed by atoms with van der Waals surface area (Å²) in [5.74, 6) is -1.08. The van der Waals surface area contributed by atoms with Crippen LogP contribution in [0.2, 0.25) is 0 Å². The molecule has 9 nitrogen and oxygen atoms in total. The van der Waals surface area contributed by atoms with Crippen LogP contribution in [-0.4, -0.2) is 96.8 Å². The Balaban J connectivity index is 1.46. The maximum Gasteiger partial charge on any atom is 0.323 e. The first-order valence-corrected chi connectivity index (χ1v) is 8.41. The summed E-state index contributed by atoms with van der Waals surface area (Å²) in [6.45, 7) is 4.52. The van der Waals surface area contributed by atoms with Gasteiger partial charge in [0, 0.05) is 52.4 Å². The molecule has 2 saturated heterocycles. The average Bonchev–Trinajstić information content (AvgIpc) is 3.17. The Labute approximate surface area is 146 Å². The number of rotatable bonds is 2. The van der Waals surface area contributed by atoms with Crippen LogP contribution < -0.4 is 5.43 Å². The molecule has 1 aromatic heterocycles. The fourth-order valence-corrected chi connectivity index (χ4v) is 2.92. The molecule has 136 valence electrons. The number of nitrogens with one attached hydrogen (secondary N) is 1.